The van der Waals surface area contributed by atoms with E-state index in [2.05, 4.69) is 11.1 Å². The number of esters is 1. The molecule has 1 aromatic heterocycles. The minimum atomic E-state index is -0.444. The molecule has 0 amide bonds. The Morgan fingerprint density at radius 3 is 2.85 bits per heavy atom. The van der Waals surface area contributed by atoms with E-state index in [-0.39, 0.29) is 11.8 Å². The third-order valence-electron chi connectivity index (χ3n) is 6.52. The average molecular weight is 367 g/mol. The van der Waals surface area contributed by atoms with E-state index in [0.29, 0.717) is 24.4 Å². The lowest BCUT2D eigenvalue weighted by Crippen LogP contribution is -2.33. The van der Waals surface area contributed by atoms with Gasteiger partial charge in [-0.05, 0) is 93.2 Å². The molecular formula is C23H26FNO2. The standard InChI is InChI=1S/C23H26FNO2/c1-4-27-22(26)23(2,3)17-11-14-9-16(10-15(14)12-17)19-7-8-25-21-6-5-18(24)13-20(19)21/h5-9,13-15,17H,4,10-12H2,1-3H3/t14-,15?,17?/m1/s1. The lowest BCUT2D eigenvalue weighted by Gasteiger charge is -2.29. The Balaban J connectivity index is 1.58. The molecule has 1 heterocycles. The van der Waals surface area contributed by atoms with Crippen LogP contribution in [0.4, 0.5) is 4.39 Å². The van der Waals surface area contributed by atoms with E-state index in [0.717, 1.165) is 35.7 Å². The molecule has 2 aromatic rings. The van der Waals surface area contributed by atoms with Gasteiger partial charge in [0.05, 0.1) is 17.5 Å². The van der Waals surface area contributed by atoms with Crippen molar-refractivity contribution in [1.82, 2.24) is 4.98 Å². The Kier molecular flexibility index (Phi) is 4.53. The largest absolute Gasteiger partial charge is 0.466 e. The molecule has 3 atom stereocenters. The molecule has 0 aliphatic heterocycles. The molecule has 0 spiro atoms. The maximum Gasteiger partial charge on any atom is 0.311 e. The fourth-order valence-corrected chi connectivity index (χ4v) is 4.88. The summed E-state index contributed by atoms with van der Waals surface area (Å²) in [4.78, 5) is 16.7. The van der Waals surface area contributed by atoms with Gasteiger partial charge >= 0.3 is 5.97 Å². The highest BCUT2D eigenvalue weighted by molar-refractivity contribution is 5.92. The van der Waals surface area contributed by atoms with Crippen molar-refractivity contribution in [3.05, 3.63) is 47.9 Å². The minimum absolute atomic E-state index is 0.0882. The van der Waals surface area contributed by atoms with Crippen molar-refractivity contribution in [2.45, 2.75) is 40.0 Å². The summed E-state index contributed by atoms with van der Waals surface area (Å²) >= 11 is 0. The van der Waals surface area contributed by atoms with Gasteiger partial charge < -0.3 is 4.74 Å². The molecule has 2 aliphatic carbocycles. The zero-order chi connectivity index (χ0) is 19.2. The second-order valence-electron chi connectivity index (χ2n) is 8.45. The number of carbonyl (C=O) groups is 1. The second kappa shape index (κ2) is 6.74. The zero-order valence-corrected chi connectivity index (χ0v) is 16.2. The van der Waals surface area contributed by atoms with Crippen molar-refractivity contribution in [1.29, 1.82) is 0 Å². The number of hydrogen-bond donors (Lipinski definition) is 0. The van der Waals surface area contributed by atoms with Crippen LogP contribution in [0.5, 0.6) is 0 Å². The average Bonchev–Trinajstić information content (AvgIpc) is 3.20. The molecule has 27 heavy (non-hydrogen) atoms. The monoisotopic (exact) mass is 367 g/mol. The van der Waals surface area contributed by atoms with Crippen molar-refractivity contribution in [3.63, 3.8) is 0 Å². The number of carbonyl (C=O) groups excluding carboxylic acids is 1. The molecule has 0 bridgehead atoms. The number of rotatable bonds is 4. The number of aromatic nitrogens is 1. The molecule has 4 heteroatoms. The van der Waals surface area contributed by atoms with Crippen molar-refractivity contribution in [2.75, 3.05) is 6.61 Å². The summed E-state index contributed by atoms with van der Waals surface area (Å²) in [6.45, 7) is 6.31. The summed E-state index contributed by atoms with van der Waals surface area (Å²) in [6, 6.07) is 6.77. The van der Waals surface area contributed by atoms with Crippen LogP contribution in [0, 0.1) is 29.0 Å². The van der Waals surface area contributed by atoms with Gasteiger partial charge in [0.15, 0.2) is 0 Å². The molecule has 2 aliphatic rings. The highest BCUT2D eigenvalue weighted by atomic mass is 19.1. The summed E-state index contributed by atoms with van der Waals surface area (Å²) in [6.07, 6.45) is 7.18. The van der Waals surface area contributed by atoms with Crippen LogP contribution >= 0.6 is 0 Å². The number of ether oxygens (including phenoxy) is 1. The number of pyridine rings is 1. The van der Waals surface area contributed by atoms with Gasteiger partial charge in [-0.3, -0.25) is 9.78 Å². The molecule has 0 N–H and O–H groups in total. The number of hydrogen-bond acceptors (Lipinski definition) is 3. The zero-order valence-electron chi connectivity index (χ0n) is 16.2. The summed E-state index contributed by atoms with van der Waals surface area (Å²) in [5.41, 5.74) is 2.76. The van der Waals surface area contributed by atoms with E-state index in [1.165, 1.54) is 11.6 Å². The predicted molar refractivity (Wildman–Crippen MR) is 104 cm³/mol. The number of fused-ring (bicyclic) bond motifs is 2. The van der Waals surface area contributed by atoms with E-state index in [9.17, 15) is 9.18 Å². The second-order valence-corrected chi connectivity index (χ2v) is 8.45. The van der Waals surface area contributed by atoms with Crippen LogP contribution in [0.15, 0.2) is 36.5 Å². The summed E-state index contributed by atoms with van der Waals surface area (Å²) < 4.78 is 19.1. The lowest BCUT2D eigenvalue weighted by molar-refractivity contribution is -0.156. The molecule has 1 aromatic carbocycles. The Hall–Kier alpha value is -2.23. The van der Waals surface area contributed by atoms with Crippen LogP contribution in [-0.2, 0) is 9.53 Å². The molecule has 0 saturated heterocycles. The van der Waals surface area contributed by atoms with Crippen LogP contribution in [0.1, 0.15) is 45.6 Å². The normalized spacial score (nSPS) is 24.7. The molecule has 3 nitrogen and oxygen atoms in total. The SMILES string of the molecule is CCOC(=O)C(C)(C)C1CC2CC(c3ccnc4ccc(F)cc34)=C[C@@H]2C1. The fourth-order valence-electron chi connectivity index (χ4n) is 4.88. The van der Waals surface area contributed by atoms with Gasteiger partial charge in [-0.25, -0.2) is 4.39 Å². The summed E-state index contributed by atoms with van der Waals surface area (Å²) in [7, 11) is 0. The maximum absolute atomic E-state index is 13.8. The topological polar surface area (TPSA) is 39.2 Å². The molecule has 0 radical (unpaired) electrons. The van der Waals surface area contributed by atoms with Crippen LogP contribution in [0.3, 0.4) is 0 Å². The van der Waals surface area contributed by atoms with Gasteiger partial charge in [0.2, 0.25) is 0 Å². The first-order valence-corrected chi connectivity index (χ1v) is 9.82. The van der Waals surface area contributed by atoms with Gasteiger partial charge in [0, 0.05) is 11.6 Å². The summed E-state index contributed by atoms with van der Waals surface area (Å²) in [5, 5.41) is 0.882. The highest BCUT2D eigenvalue weighted by Gasteiger charge is 2.47. The Morgan fingerprint density at radius 1 is 1.30 bits per heavy atom. The van der Waals surface area contributed by atoms with Crippen LogP contribution in [-0.4, -0.2) is 17.6 Å². The van der Waals surface area contributed by atoms with Gasteiger partial charge in [-0.2, -0.15) is 0 Å². The van der Waals surface area contributed by atoms with Crippen LogP contribution < -0.4 is 0 Å². The smallest absolute Gasteiger partial charge is 0.311 e. The van der Waals surface area contributed by atoms with E-state index < -0.39 is 5.41 Å². The molecule has 4 rings (SSSR count). The lowest BCUT2D eigenvalue weighted by atomic mass is 9.76. The quantitative estimate of drug-likeness (QED) is 0.680. The van der Waals surface area contributed by atoms with Crippen LogP contribution in [0.25, 0.3) is 16.5 Å². The molecule has 2 unspecified atom stereocenters. The van der Waals surface area contributed by atoms with E-state index in [4.69, 9.17) is 4.74 Å². The van der Waals surface area contributed by atoms with Gasteiger partial charge in [0.25, 0.3) is 0 Å². The number of nitrogens with zero attached hydrogens (tertiary/aromatic N) is 1. The highest BCUT2D eigenvalue weighted by Crippen LogP contribution is 2.53. The molecule has 142 valence electrons. The van der Waals surface area contributed by atoms with Crippen molar-refractivity contribution in [2.24, 2.45) is 23.2 Å². The first-order chi connectivity index (χ1) is 12.9. The van der Waals surface area contributed by atoms with E-state index in [1.807, 2.05) is 26.8 Å². The number of halogens is 1. The first kappa shape index (κ1) is 18.1. The maximum atomic E-state index is 13.8. The Labute approximate surface area is 159 Å². The van der Waals surface area contributed by atoms with Gasteiger partial charge in [-0.15, -0.1) is 0 Å². The summed E-state index contributed by atoms with van der Waals surface area (Å²) in [5.74, 6) is 1.06. The third kappa shape index (κ3) is 3.15. The van der Waals surface area contributed by atoms with Gasteiger partial charge in [-0.1, -0.05) is 6.08 Å². The molecule has 1 saturated carbocycles. The Morgan fingerprint density at radius 2 is 2.11 bits per heavy atom. The third-order valence-corrected chi connectivity index (χ3v) is 6.52. The predicted octanol–water partition coefficient (Wildman–Crippen LogP) is 5.39. The van der Waals surface area contributed by atoms with E-state index in [1.54, 1.807) is 18.3 Å². The molecule has 1 fully saturated rings. The Bertz CT molecular complexity index is 918. The van der Waals surface area contributed by atoms with Crippen molar-refractivity contribution >= 4 is 22.4 Å². The fraction of sp³-hybridized carbons (Fsp3) is 0.478. The van der Waals surface area contributed by atoms with Crippen molar-refractivity contribution in [3.8, 4) is 0 Å². The van der Waals surface area contributed by atoms with Crippen molar-refractivity contribution < 1.29 is 13.9 Å². The van der Waals surface area contributed by atoms with Crippen LogP contribution in [0.2, 0.25) is 0 Å². The van der Waals surface area contributed by atoms with Gasteiger partial charge in [0.1, 0.15) is 5.82 Å². The number of benzene rings is 1. The number of allylic oxidation sites excluding steroid dienone is 2. The minimum Gasteiger partial charge on any atom is -0.466 e. The molecular weight excluding hydrogens is 341 g/mol. The van der Waals surface area contributed by atoms with E-state index >= 15 is 0 Å². The first-order valence-electron chi connectivity index (χ1n) is 9.82.